The molecule has 0 saturated carbocycles. The lowest BCUT2D eigenvalue weighted by Crippen LogP contribution is -2.41. The largest absolute Gasteiger partial charge is 0.346 e. The molecule has 4 nitrogen and oxygen atoms in total. The van der Waals surface area contributed by atoms with Crippen molar-refractivity contribution >= 4 is 11.7 Å². The van der Waals surface area contributed by atoms with Gasteiger partial charge < -0.3 is 5.32 Å². The van der Waals surface area contributed by atoms with Gasteiger partial charge in [-0.15, -0.1) is 0 Å². The van der Waals surface area contributed by atoms with Gasteiger partial charge in [0.2, 0.25) is 5.91 Å². The average molecular weight is 324 g/mol. The molecule has 126 valence electrons. The maximum absolute atomic E-state index is 12.4. The number of hydrogen-bond donors (Lipinski definition) is 1. The van der Waals surface area contributed by atoms with Crippen molar-refractivity contribution in [2.45, 2.75) is 45.6 Å². The lowest BCUT2D eigenvalue weighted by atomic mass is 9.94. The number of nitrogens with zero attached hydrogens (tertiary/aromatic N) is 1. The van der Waals surface area contributed by atoms with Crippen LogP contribution < -0.4 is 5.32 Å². The van der Waals surface area contributed by atoms with E-state index in [1.54, 1.807) is 13.1 Å². The standard InChI is InChI=1S/C20H24N2O2/c1-14(16-8-10-17(11-9-16)15(2)23)13-19(24)22-20(3,4)18-7-5-6-12-21-18/h5-12,14H,13H2,1-4H3,(H,22,24)/t14-/m0/s1. The van der Waals surface area contributed by atoms with Crippen LogP contribution in [0.5, 0.6) is 0 Å². The second kappa shape index (κ2) is 7.39. The van der Waals surface area contributed by atoms with Gasteiger partial charge in [-0.1, -0.05) is 37.3 Å². The zero-order valence-corrected chi connectivity index (χ0v) is 14.7. The normalized spacial score (nSPS) is 12.5. The highest BCUT2D eigenvalue weighted by molar-refractivity contribution is 5.94. The smallest absolute Gasteiger partial charge is 0.221 e. The van der Waals surface area contributed by atoms with Gasteiger partial charge in [0.25, 0.3) is 0 Å². The fourth-order valence-electron chi connectivity index (χ4n) is 2.64. The van der Waals surface area contributed by atoms with E-state index >= 15 is 0 Å². The van der Waals surface area contributed by atoms with E-state index in [2.05, 4.69) is 10.3 Å². The van der Waals surface area contributed by atoms with Crippen molar-refractivity contribution in [1.82, 2.24) is 10.3 Å². The Hall–Kier alpha value is -2.49. The number of benzene rings is 1. The number of pyridine rings is 1. The number of hydrogen-bond acceptors (Lipinski definition) is 3. The summed E-state index contributed by atoms with van der Waals surface area (Å²) in [6.45, 7) is 7.45. The van der Waals surface area contributed by atoms with Crippen molar-refractivity contribution in [1.29, 1.82) is 0 Å². The Morgan fingerprint density at radius 2 is 1.79 bits per heavy atom. The first-order valence-electron chi connectivity index (χ1n) is 8.13. The summed E-state index contributed by atoms with van der Waals surface area (Å²) in [5.41, 5.74) is 2.05. The second-order valence-corrected chi connectivity index (χ2v) is 6.67. The summed E-state index contributed by atoms with van der Waals surface area (Å²) in [7, 11) is 0. The Morgan fingerprint density at radius 1 is 1.12 bits per heavy atom. The zero-order chi connectivity index (χ0) is 17.7. The summed E-state index contributed by atoms with van der Waals surface area (Å²) in [6.07, 6.45) is 2.11. The van der Waals surface area contributed by atoms with Crippen molar-refractivity contribution in [2.24, 2.45) is 0 Å². The number of nitrogens with one attached hydrogen (secondary N) is 1. The third-order valence-corrected chi connectivity index (χ3v) is 4.13. The summed E-state index contributed by atoms with van der Waals surface area (Å²) in [4.78, 5) is 28.0. The van der Waals surface area contributed by atoms with E-state index in [0.29, 0.717) is 12.0 Å². The van der Waals surface area contributed by atoms with Gasteiger partial charge in [-0.3, -0.25) is 14.6 Å². The molecule has 1 N–H and O–H groups in total. The number of Topliss-reactive ketones (excluding diaryl/α,β-unsaturated/α-hetero) is 1. The predicted octanol–water partition coefficient (Wildman–Crippen LogP) is 3.83. The molecule has 0 saturated heterocycles. The molecule has 0 aliphatic carbocycles. The number of carbonyl (C=O) groups excluding carboxylic acids is 2. The molecule has 0 fully saturated rings. The van der Waals surface area contributed by atoms with E-state index in [1.165, 1.54) is 0 Å². The van der Waals surface area contributed by atoms with E-state index in [4.69, 9.17) is 0 Å². The third kappa shape index (κ3) is 4.51. The van der Waals surface area contributed by atoms with Gasteiger partial charge in [-0.05, 0) is 44.4 Å². The predicted molar refractivity (Wildman–Crippen MR) is 94.9 cm³/mol. The summed E-state index contributed by atoms with van der Waals surface area (Å²) in [6, 6.07) is 13.1. The minimum atomic E-state index is -0.517. The van der Waals surface area contributed by atoms with Crippen LogP contribution in [0.25, 0.3) is 0 Å². The van der Waals surface area contributed by atoms with Gasteiger partial charge in [0.15, 0.2) is 5.78 Å². The highest BCUT2D eigenvalue weighted by Gasteiger charge is 2.24. The molecule has 1 aromatic heterocycles. The van der Waals surface area contributed by atoms with E-state index in [9.17, 15) is 9.59 Å². The van der Waals surface area contributed by atoms with Crippen LogP contribution in [0.4, 0.5) is 0 Å². The SMILES string of the molecule is CC(=O)c1ccc([C@@H](C)CC(=O)NC(C)(C)c2ccccn2)cc1. The number of rotatable bonds is 6. The number of aromatic nitrogens is 1. The summed E-state index contributed by atoms with van der Waals surface area (Å²) >= 11 is 0. The van der Waals surface area contributed by atoms with E-state index in [-0.39, 0.29) is 17.6 Å². The van der Waals surface area contributed by atoms with Crippen molar-refractivity contribution in [3.8, 4) is 0 Å². The highest BCUT2D eigenvalue weighted by Crippen LogP contribution is 2.22. The molecular formula is C20H24N2O2. The van der Waals surface area contributed by atoms with Crippen LogP contribution in [0.3, 0.4) is 0 Å². The Labute approximate surface area is 143 Å². The monoisotopic (exact) mass is 324 g/mol. The molecule has 4 heteroatoms. The van der Waals surface area contributed by atoms with E-state index in [0.717, 1.165) is 11.3 Å². The van der Waals surface area contributed by atoms with Crippen LogP contribution in [0.1, 0.15) is 61.6 Å². The molecule has 24 heavy (non-hydrogen) atoms. The lowest BCUT2D eigenvalue weighted by Gasteiger charge is -2.26. The summed E-state index contributed by atoms with van der Waals surface area (Å²) in [5, 5.41) is 3.05. The Morgan fingerprint density at radius 3 is 2.33 bits per heavy atom. The van der Waals surface area contributed by atoms with Crippen LogP contribution in [-0.4, -0.2) is 16.7 Å². The molecule has 1 atom stereocenters. The molecule has 2 rings (SSSR count). The summed E-state index contributed by atoms with van der Waals surface area (Å²) in [5.74, 6) is 0.100. The highest BCUT2D eigenvalue weighted by atomic mass is 16.1. The van der Waals surface area contributed by atoms with Crippen molar-refractivity contribution in [2.75, 3.05) is 0 Å². The zero-order valence-electron chi connectivity index (χ0n) is 14.7. The topological polar surface area (TPSA) is 59.1 Å². The number of amides is 1. The van der Waals surface area contributed by atoms with Gasteiger partial charge in [-0.2, -0.15) is 0 Å². The van der Waals surface area contributed by atoms with Gasteiger partial charge in [-0.25, -0.2) is 0 Å². The Bertz CT molecular complexity index is 706. The first kappa shape index (κ1) is 17.9. The second-order valence-electron chi connectivity index (χ2n) is 6.67. The molecule has 0 aliphatic rings. The molecule has 0 spiro atoms. The quantitative estimate of drug-likeness (QED) is 0.822. The first-order chi connectivity index (χ1) is 11.3. The Kier molecular flexibility index (Phi) is 5.50. The summed E-state index contributed by atoms with van der Waals surface area (Å²) < 4.78 is 0. The average Bonchev–Trinajstić information content (AvgIpc) is 2.55. The minimum Gasteiger partial charge on any atom is -0.346 e. The fraction of sp³-hybridized carbons (Fsp3) is 0.350. The number of carbonyl (C=O) groups is 2. The molecule has 0 radical (unpaired) electrons. The maximum atomic E-state index is 12.4. The minimum absolute atomic E-state index is 0.0196. The van der Waals surface area contributed by atoms with Crippen LogP contribution in [0, 0.1) is 0 Å². The molecule has 1 heterocycles. The van der Waals surface area contributed by atoms with E-state index in [1.807, 2.05) is 63.2 Å². The van der Waals surface area contributed by atoms with Crippen LogP contribution >= 0.6 is 0 Å². The molecule has 1 amide bonds. The van der Waals surface area contributed by atoms with E-state index < -0.39 is 5.54 Å². The van der Waals surface area contributed by atoms with Gasteiger partial charge in [0.05, 0.1) is 11.2 Å². The van der Waals surface area contributed by atoms with Crippen LogP contribution in [-0.2, 0) is 10.3 Å². The molecule has 0 bridgehead atoms. The van der Waals surface area contributed by atoms with Gasteiger partial charge in [0.1, 0.15) is 0 Å². The van der Waals surface area contributed by atoms with Crippen LogP contribution in [0.2, 0.25) is 0 Å². The fourth-order valence-corrected chi connectivity index (χ4v) is 2.64. The molecule has 2 aromatic rings. The van der Waals surface area contributed by atoms with Crippen molar-refractivity contribution < 1.29 is 9.59 Å². The Balaban J connectivity index is 2.00. The van der Waals surface area contributed by atoms with Crippen molar-refractivity contribution in [3.05, 3.63) is 65.5 Å². The molecule has 0 aliphatic heterocycles. The molecular weight excluding hydrogens is 300 g/mol. The molecule has 0 unspecified atom stereocenters. The van der Waals surface area contributed by atoms with Gasteiger partial charge >= 0.3 is 0 Å². The molecule has 1 aromatic carbocycles. The lowest BCUT2D eigenvalue weighted by molar-refractivity contribution is -0.123. The van der Waals surface area contributed by atoms with Crippen molar-refractivity contribution in [3.63, 3.8) is 0 Å². The van der Waals surface area contributed by atoms with Gasteiger partial charge in [0, 0.05) is 18.2 Å². The maximum Gasteiger partial charge on any atom is 0.221 e. The number of ketones is 1. The first-order valence-corrected chi connectivity index (χ1v) is 8.13. The third-order valence-electron chi connectivity index (χ3n) is 4.13. The van der Waals surface area contributed by atoms with Crippen LogP contribution in [0.15, 0.2) is 48.7 Å².